The van der Waals surface area contributed by atoms with Crippen LogP contribution in [0.3, 0.4) is 0 Å². The topological polar surface area (TPSA) is 90.0 Å². The number of carbonyl (C=O) groups excluding carboxylic acids is 1. The van der Waals surface area contributed by atoms with E-state index in [0.29, 0.717) is 30.7 Å². The Bertz CT molecular complexity index is 1080. The van der Waals surface area contributed by atoms with Gasteiger partial charge in [0.05, 0.1) is 11.0 Å². The summed E-state index contributed by atoms with van der Waals surface area (Å²) in [6, 6.07) is 12.8. The summed E-state index contributed by atoms with van der Waals surface area (Å²) in [7, 11) is -3.63. The van der Waals surface area contributed by atoms with Crippen molar-refractivity contribution in [3.8, 4) is 0 Å². The third-order valence-electron chi connectivity index (χ3n) is 7.01. The lowest BCUT2D eigenvalue weighted by atomic mass is 10.0. The molecule has 3 aliphatic heterocycles. The number of carbonyl (C=O) groups is 1. The van der Waals surface area contributed by atoms with Gasteiger partial charge in [-0.05, 0) is 61.4 Å². The number of benzene rings is 2. The normalized spacial score (nSPS) is 29.3. The van der Waals surface area contributed by atoms with Crippen LogP contribution in [0.2, 0.25) is 0 Å². The zero-order chi connectivity index (χ0) is 21.6. The molecule has 2 bridgehead atoms. The highest BCUT2D eigenvalue weighted by molar-refractivity contribution is 7.89. The molecular weight excluding hydrogens is 414 g/mol. The summed E-state index contributed by atoms with van der Waals surface area (Å²) in [5.74, 6) is 0. The summed E-state index contributed by atoms with van der Waals surface area (Å²) in [4.78, 5) is 15.2. The molecule has 8 heteroatoms. The Morgan fingerprint density at radius 2 is 1.71 bits per heavy atom. The second-order valence-electron chi connectivity index (χ2n) is 9.08. The van der Waals surface area contributed by atoms with E-state index >= 15 is 0 Å². The summed E-state index contributed by atoms with van der Waals surface area (Å²) in [6.07, 6.45) is 4.29. The molecule has 2 N–H and O–H groups in total. The van der Waals surface area contributed by atoms with Crippen molar-refractivity contribution in [2.45, 2.75) is 67.6 Å². The SMILES string of the molecule is O=C(N[C@H]1CCCN(S(=O)(=O)c2ccc3ccccc3c2)C1)N1[C@@H]2CC[C@H]1C[C@H](O)C2. The van der Waals surface area contributed by atoms with Gasteiger partial charge >= 0.3 is 6.03 Å². The fourth-order valence-corrected chi connectivity index (χ4v) is 7.04. The van der Waals surface area contributed by atoms with Crippen LogP contribution in [0.1, 0.15) is 38.5 Å². The van der Waals surface area contributed by atoms with E-state index in [1.807, 2.05) is 35.2 Å². The molecule has 2 amide bonds. The molecular formula is C23H29N3O4S. The van der Waals surface area contributed by atoms with E-state index in [1.54, 1.807) is 12.1 Å². The number of hydrogen-bond donors (Lipinski definition) is 2. The molecule has 166 valence electrons. The number of aliphatic hydroxyl groups is 1. The van der Waals surface area contributed by atoms with Gasteiger partial charge < -0.3 is 15.3 Å². The van der Waals surface area contributed by atoms with Gasteiger partial charge in [-0.3, -0.25) is 0 Å². The van der Waals surface area contributed by atoms with Crippen LogP contribution in [-0.2, 0) is 10.0 Å². The number of amides is 2. The lowest BCUT2D eigenvalue weighted by molar-refractivity contribution is 0.0528. The van der Waals surface area contributed by atoms with E-state index in [2.05, 4.69) is 5.32 Å². The van der Waals surface area contributed by atoms with Crippen molar-refractivity contribution in [1.29, 1.82) is 0 Å². The van der Waals surface area contributed by atoms with Crippen LogP contribution >= 0.6 is 0 Å². The van der Waals surface area contributed by atoms with Gasteiger partial charge in [-0.25, -0.2) is 13.2 Å². The van der Waals surface area contributed by atoms with Crippen molar-refractivity contribution in [3.05, 3.63) is 42.5 Å². The van der Waals surface area contributed by atoms with Gasteiger partial charge in [-0.1, -0.05) is 30.3 Å². The van der Waals surface area contributed by atoms with Crippen LogP contribution < -0.4 is 5.32 Å². The Balaban J connectivity index is 1.29. The van der Waals surface area contributed by atoms with Crippen molar-refractivity contribution >= 4 is 26.8 Å². The minimum atomic E-state index is -3.63. The minimum Gasteiger partial charge on any atom is -0.393 e. The van der Waals surface area contributed by atoms with Crippen molar-refractivity contribution in [2.75, 3.05) is 13.1 Å². The Labute approximate surface area is 183 Å². The van der Waals surface area contributed by atoms with E-state index in [4.69, 9.17) is 0 Å². The molecule has 31 heavy (non-hydrogen) atoms. The highest BCUT2D eigenvalue weighted by Gasteiger charge is 2.43. The average molecular weight is 444 g/mol. The third-order valence-corrected chi connectivity index (χ3v) is 8.87. The first-order chi connectivity index (χ1) is 14.9. The first kappa shape index (κ1) is 20.7. The standard InChI is InChI=1S/C23H29N3O4S/c27-21-13-19-8-9-20(14-21)26(19)23(28)24-18-6-3-11-25(15-18)31(29,30)22-10-7-16-4-1-2-5-17(16)12-22/h1-2,4-5,7,10,12,18-21,27H,3,6,8-9,11,13-15H2,(H,24,28)/t18-,19-,20+,21-/m0/s1. The number of sulfonamides is 1. The molecule has 4 atom stereocenters. The highest BCUT2D eigenvalue weighted by atomic mass is 32.2. The molecule has 0 radical (unpaired) electrons. The molecule has 2 aromatic rings. The number of rotatable bonds is 3. The molecule has 0 aliphatic carbocycles. The lowest BCUT2D eigenvalue weighted by Gasteiger charge is -2.39. The largest absolute Gasteiger partial charge is 0.393 e. The van der Waals surface area contributed by atoms with Crippen molar-refractivity contribution in [1.82, 2.24) is 14.5 Å². The van der Waals surface area contributed by atoms with Crippen LogP contribution in [0.15, 0.2) is 47.4 Å². The summed E-state index contributed by atoms with van der Waals surface area (Å²) in [5.41, 5.74) is 0. The van der Waals surface area contributed by atoms with Gasteiger partial charge in [0, 0.05) is 31.2 Å². The second-order valence-corrected chi connectivity index (χ2v) is 11.0. The number of fused-ring (bicyclic) bond motifs is 3. The van der Waals surface area contributed by atoms with E-state index < -0.39 is 10.0 Å². The monoisotopic (exact) mass is 443 g/mol. The molecule has 3 aliphatic rings. The molecule has 5 rings (SSSR count). The fourth-order valence-electron chi connectivity index (χ4n) is 5.48. The molecule has 0 aromatic heterocycles. The highest BCUT2D eigenvalue weighted by Crippen LogP contribution is 2.36. The molecule has 0 spiro atoms. The van der Waals surface area contributed by atoms with Crippen molar-refractivity contribution < 1.29 is 18.3 Å². The molecule has 7 nitrogen and oxygen atoms in total. The van der Waals surface area contributed by atoms with Crippen LogP contribution in [0.4, 0.5) is 4.79 Å². The van der Waals surface area contributed by atoms with Gasteiger partial charge in [0.2, 0.25) is 10.0 Å². The maximum absolute atomic E-state index is 13.3. The van der Waals surface area contributed by atoms with Crippen LogP contribution in [0.5, 0.6) is 0 Å². The number of nitrogens with zero attached hydrogens (tertiary/aromatic N) is 2. The minimum absolute atomic E-state index is 0.0924. The van der Waals surface area contributed by atoms with Crippen molar-refractivity contribution in [2.24, 2.45) is 0 Å². The number of nitrogens with one attached hydrogen (secondary N) is 1. The second kappa shape index (κ2) is 8.07. The van der Waals surface area contributed by atoms with E-state index in [0.717, 1.165) is 30.0 Å². The molecule has 2 aromatic carbocycles. The van der Waals surface area contributed by atoms with E-state index in [-0.39, 0.29) is 36.8 Å². The van der Waals surface area contributed by atoms with Gasteiger partial charge in [0.15, 0.2) is 0 Å². The smallest absolute Gasteiger partial charge is 0.318 e. The zero-order valence-electron chi connectivity index (χ0n) is 17.5. The van der Waals surface area contributed by atoms with E-state index in [1.165, 1.54) is 4.31 Å². The molecule has 3 saturated heterocycles. The molecule has 3 fully saturated rings. The molecule has 0 saturated carbocycles. The molecule has 3 heterocycles. The first-order valence-electron chi connectivity index (χ1n) is 11.2. The Morgan fingerprint density at radius 3 is 2.45 bits per heavy atom. The average Bonchev–Trinajstić information content (AvgIpc) is 3.05. The number of aliphatic hydroxyl groups excluding tert-OH is 1. The Kier molecular flexibility index (Phi) is 5.40. The summed E-state index contributed by atoms with van der Waals surface area (Å²) in [6.45, 7) is 0.745. The molecule has 0 unspecified atom stereocenters. The predicted octanol–water partition coefficient (Wildman–Crippen LogP) is 2.69. The van der Waals surface area contributed by atoms with Crippen molar-refractivity contribution in [3.63, 3.8) is 0 Å². The fraction of sp³-hybridized carbons (Fsp3) is 0.522. The zero-order valence-corrected chi connectivity index (χ0v) is 18.3. The van der Waals surface area contributed by atoms with Gasteiger partial charge in [-0.15, -0.1) is 0 Å². The van der Waals surface area contributed by atoms with Crippen LogP contribution in [-0.4, -0.2) is 66.1 Å². The summed E-state index contributed by atoms with van der Waals surface area (Å²) < 4.78 is 28.1. The maximum Gasteiger partial charge on any atom is 0.318 e. The number of urea groups is 1. The van der Waals surface area contributed by atoms with Crippen LogP contribution in [0.25, 0.3) is 10.8 Å². The third kappa shape index (κ3) is 3.92. The maximum atomic E-state index is 13.3. The Hall–Kier alpha value is -2.16. The van der Waals surface area contributed by atoms with Crippen LogP contribution in [0, 0.1) is 0 Å². The van der Waals surface area contributed by atoms with Gasteiger partial charge in [0.25, 0.3) is 0 Å². The quantitative estimate of drug-likeness (QED) is 0.763. The van der Waals surface area contributed by atoms with Gasteiger partial charge in [0.1, 0.15) is 0 Å². The summed E-state index contributed by atoms with van der Waals surface area (Å²) in [5, 5.41) is 15.0. The lowest BCUT2D eigenvalue weighted by Crippen LogP contribution is -2.56. The van der Waals surface area contributed by atoms with E-state index in [9.17, 15) is 18.3 Å². The number of piperidine rings is 2. The predicted molar refractivity (Wildman–Crippen MR) is 118 cm³/mol. The summed E-state index contributed by atoms with van der Waals surface area (Å²) >= 11 is 0. The Morgan fingerprint density at radius 1 is 1.00 bits per heavy atom. The number of hydrogen-bond acceptors (Lipinski definition) is 4. The first-order valence-corrected chi connectivity index (χ1v) is 12.6. The van der Waals surface area contributed by atoms with Gasteiger partial charge in [-0.2, -0.15) is 4.31 Å².